The van der Waals surface area contributed by atoms with Gasteiger partial charge in [-0.2, -0.15) is 18.3 Å². The highest BCUT2D eigenvalue weighted by Gasteiger charge is 2.30. The lowest BCUT2D eigenvalue weighted by Crippen LogP contribution is -2.24. The van der Waals surface area contributed by atoms with Gasteiger partial charge in [0.2, 0.25) is 5.91 Å². The molecule has 146 valence electrons. The molecule has 0 fully saturated rings. The van der Waals surface area contributed by atoms with Crippen molar-refractivity contribution in [3.8, 4) is 5.69 Å². The minimum Gasteiger partial charge on any atom is -0.351 e. The van der Waals surface area contributed by atoms with Gasteiger partial charge in [-0.1, -0.05) is 23.4 Å². The normalized spacial score (nSPS) is 11.4. The van der Waals surface area contributed by atoms with Crippen molar-refractivity contribution in [3.63, 3.8) is 0 Å². The van der Waals surface area contributed by atoms with Crippen molar-refractivity contribution in [2.45, 2.75) is 17.7 Å². The Hall–Kier alpha value is -2.52. The van der Waals surface area contributed by atoms with Crippen LogP contribution >= 0.6 is 23.4 Å². The molecule has 0 aliphatic heterocycles. The maximum Gasteiger partial charge on any atom is 0.417 e. The van der Waals surface area contributed by atoms with Crippen LogP contribution in [0.4, 0.5) is 13.2 Å². The van der Waals surface area contributed by atoms with Gasteiger partial charge in [0.25, 0.3) is 0 Å². The summed E-state index contributed by atoms with van der Waals surface area (Å²) in [6.07, 6.45) is -0.247. The van der Waals surface area contributed by atoms with Crippen LogP contribution in [0.5, 0.6) is 0 Å². The smallest absolute Gasteiger partial charge is 0.351 e. The van der Waals surface area contributed by atoms with E-state index in [1.54, 1.807) is 29.2 Å². The van der Waals surface area contributed by atoms with Crippen molar-refractivity contribution in [2.24, 2.45) is 0 Å². The molecule has 1 amide bonds. The van der Waals surface area contributed by atoms with Crippen LogP contribution < -0.4 is 5.32 Å². The van der Waals surface area contributed by atoms with Gasteiger partial charge >= 0.3 is 6.18 Å². The predicted molar refractivity (Wildman–Crippen MR) is 100 cm³/mol. The lowest BCUT2D eigenvalue weighted by atomic mass is 10.3. The molecule has 3 rings (SSSR count). The Kier molecular flexibility index (Phi) is 6.25. The monoisotopic (exact) mass is 426 g/mol. The van der Waals surface area contributed by atoms with Crippen LogP contribution in [0.25, 0.3) is 5.69 Å². The van der Waals surface area contributed by atoms with Gasteiger partial charge in [-0.25, -0.2) is 9.67 Å². The fourth-order valence-electron chi connectivity index (χ4n) is 2.21. The summed E-state index contributed by atoms with van der Waals surface area (Å²) in [6.45, 7) is 0.285. The molecule has 28 heavy (non-hydrogen) atoms. The van der Waals surface area contributed by atoms with Gasteiger partial charge in [0.1, 0.15) is 0 Å². The molecule has 0 atom stereocenters. The zero-order valence-corrected chi connectivity index (χ0v) is 15.9. The van der Waals surface area contributed by atoms with Crippen molar-refractivity contribution in [2.75, 3.05) is 5.75 Å². The van der Waals surface area contributed by atoms with E-state index in [1.807, 2.05) is 12.1 Å². The van der Waals surface area contributed by atoms with Crippen molar-refractivity contribution in [3.05, 3.63) is 71.1 Å². The van der Waals surface area contributed by atoms with Crippen LogP contribution in [0, 0.1) is 0 Å². The molecule has 1 aromatic carbocycles. The number of thioether (sulfide) groups is 1. The number of amides is 1. The van der Waals surface area contributed by atoms with E-state index in [9.17, 15) is 18.0 Å². The molecular weight excluding hydrogens is 413 g/mol. The number of nitrogens with zero attached hydrogens (tertiary/aromatic N) is 3. The molecule has 10 heteroatoms. The van der Waals surface area contributed by atoms with E-state index in [-0.39, 0.29) is 18.2 Å². The number of benzene rings is 1. The Balaban J connectivity index is 1.47. The SMILES string of the molecule is O=C(CSc1ccc(C(F)(F)F)cn1)NCc1cnn(-c2ccc(Cl)cc2)c1. The minimum atomic E-state index is -4.43. The Morgan fingerprint density at radius 1 is 1.14 bits per heavy atom. The number of carbonyl (C=O) groups excluding carboxylic acids is 1. The van der Waals surface area contributed by atoms with Crippen molar-refractivity contribution in [1.82, 2.24) is 20.1 Å². The molecule has 0 saturated heterocycles. The third-order valence-corrected chi connectivity index (χ3v) is 4.83. The molecule has 0 bridgehead atoms. The average Bonchev–Trinajstić information content (AvgIpc) is 3.14. The number of nitrogens with one attached hydrogen (secondary N) is 1. The minimum absolute atomic E-state index is 0.0453. The van der Waals surface area contributed by atoms with E-state index >= 15 is 0 Å². The second-order valence-corrected chi connectivity index (χ2v) is 7.15. The second-order valence-electron chi connectivity index (χ2n) is 5.72. The average molecular weight is 427 g/mol. The molecule has 2 heterocycles. The van der Waals surface area contributed by atoms with Crippen molar-refractivity contribution >= 4 is 29.3 Å². The first-order chi connectivity index (χ1) is 13.3. The molecule has 0 unspecified atom stereocenters. The summed E-state index contributed by atoms with van der Waals surface area (Å²) in [5.74, 6) is -0.213. The summed E-state index contributed by atoms with van der Waals surface area (Å²) < 4.78 is 39.2. The van der Waals surface area contributed by atoms with Gasteiger partial charge in [-0.3, -0.25) is 4.79 Å². The number of alkyl halides is 3. The van der Waals surface area contributed by atoms with Crippen LogP contribution in [-0.4, -0.2) is 26.4 Å². The third-order valence-electron chi connectivity index (χ3n) is 3.63. The van der Waals surface area contributed by atoms with Gasteiger partial charge in [0, 0.05) is 29.5 Å². The molecule has 3 aromatic rings. The highest BCUT2D eigenvalue weighted by molar-refractivity contribution is 7.99. The molecule has 0 saturated carbocycles. The molecular formula is C18H14ClF3N4OS. The van der Waals surface area contributed by atoms with E-state index in [0.717, 1.165) is 35.3 Å². The van der Waals surface area contributed by atoms with E-state index in [0.29, 0.717) is 10.0 Å². The zero-order chi connectivity index (χ0) is 20.1. The fourth-order valence-corrected chi connectivity index (χ4v) is 3.01. The molecule has 0 aliphatic rings. The number of rotatable bonds is 6. The van der Waals surface area contributed by atoms with E-state index in [1.165, 1.54) is 6.07 Å². The van der Waals surface area contributed by atoms with Crippen molar-refractivity contribution < 1.29 is 18.0 Å². The van der Waals surface area contributed by atoms with Crippen LogP contribution in [-0.2, 0) is 17.5 Å². The first-order valence-corrected chi connectivity index (χ1v) is 9.40. The summed E-state index contributed by atoms with van der Waals surface area (Å²) in [6, 6.07) is 9.35. The lowest BCUT2D eigenvalue weighted by molar-refractivity contribution is -0.137. The van der Waals surface area contributed by atoms with Gasteiger partial charge < -0.3 is 5.32 Å². The van der Waals surface area contributed by atoms with Gasteiger partial charge in [0.05, 0.1) is 28.2 Å². The summed E-state index contributed by atoms with van der Waals surface area (Å²) in [5, 5.41) is 7.94. The zero-order valence-electron chi connectivity index (χ0n) is 14.3. The van der Waals surface area contributed by atoms with Gasteiger partial charge in [-0.05, 0) is 36.4 Å². The topological polar surface area (TPSA) is 59.8 Å². The van der Waals surface area contributed by atoms with Crippen LogP contribution in [0.15, 0.2) is 60.0 Å². The number of aromatic nitrogens is 3. The maximum absolute atomic E-state index is 12.5. The van der Waals surface area contributed by atoms with E-state index in [4.69, 9.17) is 11.6 Å². The number of halogens is 4. The highest BCUT2D eigenvalue weighted by Crippen LogP contribution is 2.29. The molecule has 1 N–H and O–H groups in total. The summed E-state index contributed by atoms with van der Waals surface area (Å²) in [5.41, 5.74) is 0.825. The van der Waals surface area contributed by atoms with Gasteiger partial charge in [0.15, 0.2) is 0 Å². The summed E-state index contributed by atoms with van der Waals surface area (Å²) in [7, 11) is 0. The highest BCUT2D eigenvalue weighted by atomic mass is 35.5. The predicted octanol–water partition coefficient (Wildman–Crippen LogP) is 4.35. The molecule has 5 nitrogen and oxygen atoms in total. The largest absolute Gasteiger partial charge is 0.417 e. The van der Waals surface area contributed by atoms with Crippen LogP contribution in [0.1, 0.15) is 11.1 Å². The molecule has 2 aromatic heterocycles. The molecule has 0 radical (unpaired) electrons. The van der Waals surface area contributed by atoms with E-state index < -0.39 is 11.7 Å². The number of hydrogen-bond acceptors (Lipinski definition) is 4. The Morgan fingerprint density at radius 3 is 2.54 bits per heavy atom. The van der Waals surface area contributed by atoms with Crippen LogP contribution in [0.2, 0.25) is 5.02 Å². The number of hydrogen-bond donors (Lipinski definition) is 1. The lowest BCUT2D eigenvalue weighted by Gasteiger charge is -2.07. The van der Waals surface area contributed by atoms with Crippen molar-refractivity contribution in [1.29, 1.82) is 0 Å². The Bertz CT molecular complexity index is 943. The Morgan fingerprint density at radius 2 is 1.89 bits per heavy atom. The first kappa shape index (κ1) is 20.2. The molecule has 0 aliphatic carbocycles. The number of pyridine rings is 1. The second kappa shape index (κ2) is 8.66. The fraction of sp³-hybridized carbons (Fsp3) is 0.167. The van der Waals surface area contributed by atoms with Gasteiger partial charge in [-0.15, -0.1) is 0 Å². The standard InChI is InChI=1S/C18H14ClF3N4OS/c19-14-2-4-15(5-3-14)26-10-12(8-25-26)7-23-16(27)11-28-17-6-1-13(9-24-17)18(20,21)22/h1-6,8-10H,7,11H2,(H,23,27). The first-order valence-electron chi connectivity index (χ1n) is 8.03. The third kappa shape index (κ3) is 5.49. The van der Waals surface area contributed by atoms with Crippen LogP contribution in [0.3, 0.4) is 0 Å². The van der Waals surface area contributed by atoms with E-state index in [2.05, 4.69) is 15.4 Å². The Labute approximate surface area is 167 Å². The quantitative estimate of drug-likeness (QED) is 0.595. The number of carbonyl (C=O) groups is 1. The maximum atomic E-state index is 12.5. The molecule has 0 spiro atoms. The summed E-state index contributed by atoms with van der Waals surface area (Å²) in [4.78, 5) is 15.7. The summed E-state index contributed by atoms with van der Waals surface area (Å²) >= 11 is 6.92.